The number of esters is 1. The van der Waals surface area contributed by atoms with Crippen molar-refractivity contribution in [2.45, 2.75) is 37.1 Å². The van der Waals surface area contributed by atoms with Crippen LogP contribution >= 0.6 is 11.8 Å². The number of fused-ring (bicyclic) bond motifs is 1. The normalized spacial score (nSPS) is 14.5. The molecule has 0 saturated carbocycles. The maximum Gasteiger partial charge on any atom is 0.328 e. The van der Waals surface area contributed by atoms with E-state index in [1.54, 1.807) is 6.92 Å². The first-order valence-corrected chi connectivity index (χ1v) is 7.70. The number of amides is 1. The quantitative estimate of drug-likeness (QED) is 0.666. The van der Waals surface area contributed by atoms with Crippen LogP contribution in [0.2, 0.25) is 0 Å². The molecule has 1 unspecified atom stereocenters. The minimum atomic E-state index is -0.604. The van der Waals surface area contributed by atoms with E-state index < -0.39 is 12.0 Å². The van der Waals surface area contributed by atoms with E-state index in [2.05, 4.69) is 28.3 Å². The molecule has 1 N–H and O–H groups in total. The first kappa shape index (κ1) is 14.9. The van der Waals surface area contributed by atoms with Gasteiger partial charge in [0.05, 0.1) is 12.9 Å². The van der Waals surface area contributed by atoms with Crippen LogP contribution in [0.5, 0.6) is 0 Å². The molecular weight excluding hydrogens is 274 g/mol. The van der Waals surface area contributed by atoms with Gasteiger partial charge in [0, 0.05) is 4.90 Å². The van der Waals surface area contributed by atoms with Gasteiger partial charge in [-0.25, -0.2) is 4.79 Å². The molecule has 0 spiro atoms. The predicted molar refractivity (Wildman–Crippen MR) is 78.8 cm³/mol. The van der Waals surface area contributed by atoms with Gasteiger partial charge < -0.3 is 10.1 Å². The fraction of sp³-hybridized carbons (Fsp3) is 0.467. The van der Waals surface area contributed by atoms with Crippen LogP contribution in [0.25, 0.3) is 0 Å². The number of ether oxygens (including phenoxy) is 1. The second kappa shape index (κ2) is 6.79. The third kappa shape index (κ3) is 3.76. The Hall–Kier alpha value is -1.49. The van der Waals surface area contributed by atoms with Crippen molar-refractivity contribution in [1.29, 1.82) is 0 Å². The summed E-state index contributed by atoms with van der Waals surface area (Å²) in [6.07, 6.45) is 3.52. The minimum Gasteiger partial charge on any atom is -0.467 e. The van der Waals surface area contributed by atoms with Crippen LogP contribution in [0.15, 0.2) is 23.1 Å². The van der Waals surface area contributed by atoms with Gasteiger partial charge in [0.15, 0.2) is 0 Å². The fourth-order valence-corrected chi connectivity index (χ4v) is 3.08. The molecule has 0 radical (unpaired) electrons. The van der Waals surface area contributed by atoms with Crippen LogP contribution in [0.1, 0.15) is 24.5 Å². The highest BCUT2D eigenvalue weighted by Crippen LogP contribution is 2.27. The van der Waals surface area contributed by atoms with Gasteiger partial charge in [-0.05, 0) is 49.4 Å². The summed E-state index contributed by atoms with van der Waals surface area (Å²) in [6, 6.07) is 5.78. The van der Waals surface area contributed by atoms with Crippen LogP contribution in [-0.2, 0) is 27.2 Å². The van der Waals surface area contributed by atoms with Gasteiger partial charge >= 0.3 is 5.97 Å². The lowest BCUT2D eigenvalue weighted by Crippen LogP contribution is -2.40. The zero-order chi connectivity index (χ0) is 14.5. The molecule has 1 aromatic carbocycles. The number of aryl methyl sites for hydroxylation is 2. The standard InChI is InChI=1S/C15H19NO3S/c1-10(15(18)19-2)16-14(17)9-20-13-7-6-11-4-3-5-12(11)8-13/h6-8,10H,3-5,9H2,1-2H3,(H,16,17). The Kier molecular flexibility index (Phi) is 5.06. The number of benzene rings is 1. The Labute approximate surface area is 123 Å². The Bertz CT molecular complexity index is 516. The van der Waals surface area contributed by atoms with Crippen molar-refractivity contribution in [3.8, 4) is 0 Å². The molecule has 1 amide bonds. The third-order valence-corrected chi connectivity index (χ3v) is 4.37. The van der Waals surface area contributed by atoms with Gasteiger partial charge in [0.25, 0.3) is 0 Å². The molecule has 2 rings (SSSR count). The second-order valence-electron chi connectivity index (χ2n) is 4.89. The lowest BCUT2D eigenvalue weighted by Gasteiger charge is -2.11. The molecule has 0 saturated heterocycles. The van der Waals surface area contributed by atoms with Gasteiger partial charge in [-0.3, -0.25) is 4.79 Å². The van der Waals surface area contributed by atoms with E-state index in [9.17, 15) is 9.59 Å². The molecule has 0 heterocycles. The molecule has 1 aliphatic rings. The lowest BCUT2D eigenvalue weighted by atomic mass is 10.1. The summed E-state index contributed by atoms with van der Waals surface area (Å²) in [6.45, 7) is 1.61. The van der Waals surface area contributed by atoms with E-state index in [0.29, 0.717) is 5.75 Å². The number of carbonyl (C=O) groups excluding carboxylic acids is 2. The summed E-state index contributed by atoms with van der Waals surface area (Å²) >= 11 is 1.49. The minimum absolute atomic E-state index is 0.159. The largest absolute Gasteiger partial charge is 0.467 e. The number of rotatable bonds is 5. The molecular formula is C15H19NO3S. The monoisotopic (exact) mass is 293 g/mol. The van der Waals surface area contributed by atoms with Crippen molar-refractivity contribution in [3.05, 3.63) is 29.3 Å². The molecule has 20 heavy (non-hydrogen) atoms. The molecule has 5 heteroatoms. The fourth-order valence-electron chi connectivity index (χ4n) is 2.31. The van der Waals surface area contributed by atoms with Gasteiger partial charge in [-0.15, -0.1) is 11.8 Å². The molecule has 0 fully saturated rings. The Morgan fingerprint density at radius 3 is 2.85 bits per heavy atom. The molecule has 0 bridgehead atoms. The van der Waals surface area contributed by atoms with Gasteiger partial charge in [0.1, 0.15) is 6.04 Å². The SMILES string of the molecule is COC(=O)C(C)NC(=O)CSc1ccc2c(c1)CCC2. The van der Waals surface area contributed by atoms with Crippen LogP contribution < -0.4 is 5.32 Å². The van der Waals surface area contributed by atoms with Crippen molar-refractivity contribution in [3.63, 3.8) is 0 Å². The van der Waals surface area contributed by atoms with Crippen molar-refractivity contribution >= 4 is 23.6 Å². The van der Waals surface area contributed by atoms with Crippen molar-refractivity contribution in [2.75, 3.05) is 12.9 Å². The number of hydrogen-bond donors (Lipinski definition) is 1. The molecule has 1 aromatic rings. The first-order chi connectivity index (χ1) is 9.60. The molecule has 1 aliphatic carbocycles. The van der Waals surface area contributed by atoms with E-state index in [-0.39, 0.29) is 5.91 Å². The summed E-state index contributed by atoms with van der Waals surface area (Å²) in [5.41, 5.74) is 2.83. The zero-order valence-corrected chi connectivity index (χ0v) is 12.6. The summed E-state index contributed by atoms with van der Waals surface area (Å²) in [4.78, 5) is 24.1. The van der Waals surface area contributed by atoms with E-state index in [1.807, 2.05) is 0 Å². The summed E-state index contributed by atoms with van der Waals surface area (Å²) in [5, 5.41) is 2.62. The highest BCUT2D eigenvalue weighted by molar-refractivity contribution is 8.00. The number of methoxy groups -OCH3 is 1. The number of hydrogen-bond acceptors (Lipinski definition) is 4. The van der Waals surface area contributed by atoms with Gasteiger partial charge in [-0.1, -0.05) is 6.07 Å². The second-order valence-corrected chi connectivity index (χ2v) is 5.93. The number of nitrogens with one attached hydrogen (secondary N) is 1. The van der Waals surface area contributed by atoms with E-state index in [0.717, 1.165) is 17.7 Å². The maximum absolute atomic E-state index is 11.7. The Balaban J connectivity index is 1.83. The summed E-state index contributed by atoms with van der Waals surface area (Å²) in [5.74, 6) is -0.283. The highest BCUT2D eigenvalue weighted by Gasteiger charge is 2.16. The van der Waals surface area contributed by atoms with Crippen LogP contribution in [-0.4, -0.2) is 30.8 Å². The van der Waals surface area contributed by atoms with E-state index in [4.69, 9.17) is 0 Å². The maximum atomic E-state index is 11.7. The lowest BCUT2D eigenvalue weighted by molar-refractivity contribution is -0.144. The Morgan fingerprint density at radius 1 is 1.35 bits per heavy atom. The number of thioether (sulfide) groups is 1. The topological polar surface area (TPSA) is 55.4 Å². The van der Waals surface area contributed by atoms with Crippen LogP contribution in [0, 0.1) is 0 Å². The van der Waals surface area contributed by atoms with Crippen molar-refractivity contribution in [1.82, 2.24) is 5.32 Å². The predicted octanol–water partition coefficient (Wildman–Crippen LogP) is 1.95. The number of carbonyl (C=O) groups is 2. The zero-order valence-electron chi connectivity index (χ0n) is 11.8. The van der Waals surface area contributed by atoms with Gasteiger partial charge in [-0.2, -0.15) is 0 Å². The van der Waals surface area contributed by atoms with Crippen molar-refractivity contribution in [2.24, 2.45) is 0 Å². The molecule has 4 nitrogen and oxygen atoms in total. The van der Waals surface area contributed by atoms with Crippen LogP contribution in [0.4, 0.5) is 0 Å². The van der Waals surface area contributed by atoms with Gasteiger partial charge in [0.2, 0.25) is 5.91 Å². The average molecular weight is 293 g/mol. The van der Waals surface area contributed by atoms with E-state index >= 15 is 0 Å². The van der Waals surface area contributed by atoms with Crippen LogP contribution in [0.3, 0.4) is 0 Å². The molecule has 108 valence electrons. The first-order valence-electron chi connectivity index (χ1n) is 6.72. The molecule has 0 aliphatic heterocycles. The summed E-state index contributed by atoms with van der Waals surface area (Å²) < 4.78 is 4.57. The Morgan fingerprint density at radius 2 is 2.10 bits per heavy atom. The third-order valence-electron chi connectivity index (χ3n) is 3.37. The average Bonchev–Trinajstić information content (AvgIpc) is 2.91. The molecule has 0 aromatic heterocycles. The molecule has 1 atom stereocenters. The summed E-state index contributed by atoms with van der Waals surface area (Å²) in [7, 11) is 1.31. The smallest absolute Gasteiger partial charge is 0.328 e. The van der Waals surface area contributed by atoms with E-state index in [1.165, 1.54) is 36.4 Å². The highest BCUT2D eigenvalue weighted by atomic mass is 32.2. The van der Waals surface area contributed by atoms with Crippen molar-refractivity contribution < 1.29 is 14.3 Å².